The van der Waals surface area contributed by atoms with Gasteiger partial charge < -0.3 is 19.3 Å². The lowest BCUT2D eigenvalue weighted by Crippen LogP contribution is -2.51. The number of aliphatic hydroxyl groups is 1. The van der Waals surface area contributed by atoms with Crippen molar-refractivity contribution in [3.05, 3.63) is 0 Å². The number of carbonyl (C=O) groups is 1. The summed E-state index contributed by atoms with van der Waals surface area (Å²) in [5.41, 5.74) is -2.50. The molecule has 0 radical (unpaired) electrons. The number of hydrogen-bond acceptors (Lipinski definition) is 5. The van der Waals surface area contributed by atoms with Gasteiger partial charge in [-0.1, -0.05) is 6.42 Å². The Labute approximate surface area is 112 Å². The smallest absolute Gasteiger partial charge is 0.346 e. The van der Waals surface area contributed by atoms with E-state index in [0.717, 1.165) is 46.1 Å². The van der Waals surface area contributed by atoms with Crippen LogP contribution in [0.1, 0.15) is 39.0 Å². The molecule has 110 valence electrons. The van der Waals surface area contributed by atoms with Crippen LogP contribution >= 0.6 is 0 Å². The van der Waals surface area contributed by atoms with Gasteiger partial charge in [-0.25, -0.2) is 9.18 Å². The molecule has 0 aromatic carbocycles. The number of alkyl halides is 1. The molecule has 2 rings (SSSR count). The van der Waals surface area contributed by atoms with E-state index in [-0.39, 0.29) is 6.61 Å². The minimum Gasteiger partial charge on any atom is -0.467 e. The maximum atomic E-state index is 14.2. The van der Waals surface area contributed by atoms with E-state index in [1.165, 1.54) is 0 Å². The molecule has 6 heteroatoms. The fourth-order valence-electron chi connectivity index (χ4n) is 2.76. The van der Waals surface area contributed by atoms with Gasteiger partial charge in [0.2, 0.25) is 5.67 Å². The van der Waals surface area contributed by atoms with Crippen molar-refractivity contribution in [2.24, 2.45) is 0 Å². The first-order valence-electron chi connectivity index (χ1n) is 6.68. The lowest BCUT2D eigenvalue weighted by atomic mass is 9.94. The lowest BCUT2D eigenvalue weighted by Gasteiger charge is -2.33. The maximum absolute atomic E-state index is 14.2. The third-order valence-electron chi connectivity index (χ3n) is 3.98. The number of hydrogen-bond donors (Lipinski definition) is 1. The monoisotopic (exact) mass is 276 g/mol. The van der Waals surface area contributed by atoms with Crippen LogP contribution in [0.4, 0.5) is 4.39 Å². The first-order chi connectivity index (χ1) is 8.91. The van der Waals surface area contributed by atoms with Crippen LogP contribution < -0.4 is 0 Å². The average molecular weight is 276 g/mol. The van der Waals surface area contributed by atoms with Gasteiger partial charge in [0.15, 0.2) is 5.79 Å². The maximum Gasteiger partial charge on any atom is 0.346 e. The molecule has 0 amide bonds. The zero-order valence-electron chi connectivity index (χ0n) is 11.4. The van der Waals surface area contributed by atoms with E-state index >= 15 is 0 Å². The second kappa shape index (κ2) is 5.34. The summed E-state index contributed by atoms with van der Waals surface area (Å²) < 4.78 is 29.9. The van der Waals surface area contributed by atoms with Gasteiger partial charge in [-0.3, -0.25) is 0 Å². The number of halogens is 1. The van der Waals surface area contributed by atoms with Crippen molar-refractivity contribution in [2.45, 2.75) is 62.7 Å². The molecule has 5 nitrogen and oxygen atoms in total. The number of rotatable bonds is 3. The summed E-state index contributed by atoms with van der Waals surface area (Å²) in [6, 6.07) is 0. The summed E-state index contributed by atoms with van der Waals surface area (Å²) in [6.07, 6.45) is 2.17. The highest BCUT2D eigenvalue weighted by atomic mass is 19.1. The van der Waals surface area contributed by atoms with E-state index in [1.807, 2.05) is 0 Å². The number of carbonyl (C=O) groups excluding carboxylic acids is 1. The van der Waals surface area contributed by atoms with E-state index in [0.29, 0.717) is 0 Å². The average Bonchev–Trinajstić information content (AvgIpc) is 2.81. The lowest BCUT2D eigenvalue weighted by molar-refractivity contribution is -0.206. The molecule has 0 bridgehead atoms. The van der Waals surface area contributed by atoms with E-state index in [2.05, 4.69) is 4.74 Å². The molecule has 0 aromatic rings. The van der Waals surface area contributed by atoms with Gasteiger partial charge >= 0.3 is 5.97 Å². The van der Waals surface area contributed by atoms with Crippen LogP contribution in [0.25, 0.3) is 0 Å². The molecule has 1 N–H and O–H groups in total. The number of methoxy groups -OCH3 is 1. The minimum atomic E-state index is -2.50. The molecule has 2 fully saturated rings. The molecule has 2 aliphatic rings. The standard InChI is InChI=1S/C13H21FO5/c1-12(14,11(16)17-2)10(15)9-8-18-13(19-9)6-4-3-5-7-13/h9-10,15H,3-8H2,1-2H3/t9-,10+,12-/m1/s1. The van der Waals surface area contributed by atoms with Gasteiger partial charge in [0, 0.05) is 12.8 Å². The van der Waals surface area contributed by atoms with Gasteiger partial charge in [-0.2, -0.15) is 0 Å². The van der Waals surface area contributed by atoms with Gasteiger partial charge in [-0.15, -0.1) is 0 Å². The molecular weight excluding hydrogens is 255 g/mol. The second-order valence-corrected chi connectivity index (χ2v) is 5.45. The molecule has 1 aliphatic carbocycles. The highest BCUT2D eigenvalue weighted by Gasteiger charge is 2.52. The second-order valence-electron chi connectivity index (χ2n) is 5.45. The van der Waals surface area contributed by atoms with Crippen molar-refractivity contribution in [3.8, 4) is 0 Å². The molecule has 1 aliphatic heterocycles. The summed E-state index contributed by atoms with van der Waals surface area (Å²) in [5, 5.41) is 10.0. The molecule has 3 atom stereocenters. The van der Waals surface area contributed by atoms with Crippen LogP contribution in [0.15, 0.2) is 0 Å². The Balaban J connectivity index is 2.01. The van der Waals surface area contributed by atoms with Crippen LogP contribution in [0.2, 0.25) is 0 Å². The predicted molar refractivity (Wildman–Crippen MR) is 64.2 cm³/mol. The third kappa shape index (κ3) is 2.75. The Morgan fingerprint density at radius 3 is 2.68 bits per heavy atom. The van der Waals surface area contributed by atoms with Crippen LogP contribution in [0.5, 0.6) is 0 Å². The highest BCUT2D eigenvalue weighted by Crippen LogP contribution is 2.40. The highest BCUT2D eigenvalue weighted by molar-refractivity contribution is 5.79. The topological polar surface area (TPSA) is 65.0 Å². The van der Waals surface area contributed by atoms with E-state index in [9.17, 15) is 14.3 Å². The van der Waals surface area contributed by atoms with Gasteiger partial charge in [0.05, 0.1) is 13.7 Å². The Bertz CT molecular complexity index is 338. The first kappa shape index (κ1) is 14.7. The summed E-state index contributed by atoms with van der Waals surface area (Å²) >= 11 is 0. The normalized spacial score (nSPS) is 30.8. The summed E-state index contributed by atoms with van der Waals surface area (Å²) in [5.74, 6) is -1.80. The van der Waals surface area contributed by atoms with E-state index in [4.69, 9.17) is 9.47 Å². The quantitative estimate of drug-likeness (QED) is 0.788. The van der Waals surface area contributed by atoms with E-state index < -0.39 is 29.6 Å². The van der Waals surface area contributed by atoms with Crippen molar-refractivity contribution in [1.82, 2.24) is 0 Å². The van der Waals surface area contributed by atoms with Crippen molar-refractivity contribution < 1.29 is 28.5 Å². The summed E-state index contributed by atoms with van der Waals surface area (Å²) in [4.78, 5) is 11.3. The van der Waals surface area contributed by atoms with Crippen molar-refractivity contribution in [1.29, 1.82) is 0 Å². The Morgan fingerprint density at radius 1 is 1.47 bits per heavy atom. The SMILES string of the molecule is COC(=O)[C@](C)(F)[C@@H](O)[C@H]1COC2(CCCCC2)O1. The fourth-order valence-corrected chi connectivity index (χ4v) is 2.76. The Kier molecular flexibility index (Phi) is 4.13. The zero-order valence-corrected chi connectivity index (χ0v) is 11.4. The molecular formula is C13H21FO5. The van der Waals surface area contributed by atoms with Gasteiger partial charge in [-0.05, 0) is 19.8 Å². The summed E-state index contributed by atoms with van der Waals surface area (Å²) in [7, 11) is 1.08. The first-order valence-corrected chi connectivity index (χ1v) is 6.68. The minimum absolute atomic E-state index is 0.0949. The Morgan fingerprint density at radius 2 is 2.11 bits per heavy atom. The van der Waals surface area contributed by atoms with Crippen LogP contribution in [0, 0.1) is 0 Å². The molecule has 1 heterocycles. The molecule has 19 heavy (non-hydrogen) atoms. The molecule has 1 spiro atoms. The van der Waals surface area contributed by atoms with Gasteiger partial charge in [0.1, 0.15) is 12.2 Å². The number of esters is 1. The predicted octanol–water partition coefficient (Wildman–Crippen LogP) is 1.32. The summed E-state index contributed by atoms with van der Waals surface area (Å²) in [6.45, 7) is 1.09. The third-order valence-corrected chi connectivity index (χ3v) is 3.98. The van der Waals surface area contributed by atoms with Crippen LogP contribution in [0.3, 0.4) is 0 Å². The van der Waals surface area contributed by atoms with Crippen LogP contribution in [-0.4, -0.2) is 48.5 Å². The molecule has 0 aromatic heterocycles. The number of ether oxygens (including phenoxy) is 3. The van der Waals surface area contributed by atoms with Crippen molar-refractivity contribution in [2.75, 3.05) is 13.7 Å². The Hall–Kier alpha value is -0.720. The number of aliphatic hydroxyl groups excluding tert-OH is 1. The van der Waals surface area contributed by atoms with Crippen molar-refractivity contribution in [3.63, 3.8) is 0 Å². The molecule has 0 unspecified atom stereocenters. The van der Waals surface area contributed by atoms with Crippen LogP contribution in [-0.2, 0) is 19.0 Å². The van der Waals surface area contributed by atoms with Crippen molar-refractivity contribution >= 4 is 5.97 Å². The van der Waals surface area contributed by atoms with E-state index in [1.54, 1.807) is 0 Å². The molecule has 1 saturated carbocycles. The van der Waals surface area contributed by atoms with Gasteiger partial charge in [0.25, 0.3) is 0 Å². The zero-order chi connectivity index (χ0) is 14.1. The largest absolute Gasteiger partial charge is 0.467 e. The fraction of sp³-hybridized carbons (Fsp3) is 0.923. The molecule has 1 saturated heterocycles.